The molecule has 0 atom stereocenters. The van der Waals surface area contributed by atoms with E-state index in [1.165, 1.54) is 12.1 Å². The molecule has 7 heteroatoms. The van der Waals surface area contributed by atoms with Gasteiger partial charge in [-0.1, -0.05) is 12.1 Å². The molecule has 2 aromatic rings. The highest BCUT2D eigenvalue weighted by atomic mass is 16.6. The van der Waals surface area contributed by atoms with Crippen LogP contribution in [0.5, 0.6) is 5.75 Å². The van der Waals surface area contributed by atoms with Crippen LogP contribution in [0.25, 0.3) is 0 Å². The maximum atomic E-state index is 12.2. The number of nitrogens with zero attached hydrogens (tertiary/aromatic N) is 2. The highest BCUT2D eigenvalue weighted by Crippen LogP contribution is 2.21. The molecule has 7 nitrogen and oxygen atoms in total. The molecule has 0 saturated carbocycles. The van der Waals surface area contributed by atoms with Crippen LogP contribution in [0.3, 0.4) is 0 Å². The summed E-state index contributed by atoms with van der Waals surface area (Å²) in [6.45, 7) is 2.53. The summed E-state index contributed by atoms with van der Waals surface area (Å²) in [6.07, 6.45) is 0. The topological polar surface area (TPSA) is 84.7 Å². The van der Waals surface area contributed by atoms with Crippen molar-refractivity contribution in [2.24, 2.45) is 0 Å². The summed E-state index contributed by atoms with van der Waals surface area (Å²) < 4.78 is 5.19. The number of methoxy groups -OCH3 is 1. The molecule has 0 unspecified atom stereocenters. The molecule has 0 heterocycles. The summed E-state index contributed by atoms with van der Waals surface area (Å²) in [7, 11) is 3.46. The van der Waals surface area contributed by atoms with E-state index in [2.05, 4.69) is 5.32 Å². The van der Waals surface area contributed by atoms with E-state index in [0.29, 0.717) is 17.8 Å². The predicted octanol–water partition coefficient (Wildman–Crippen LogP) is 2.98. The fourth-order valence-electron chi connectivity index (χ4n) is 2.47. The van der Waals surface area contributed by atoms with E-state index < -0.39 is 4.92 Å². The highest BCUT2D eigenvalue weighted by molar-refractivity contribution is 5.93. The van der Waals surface area contributed by atoms with Gasteiger partial charge in [0.2, 0.25) is 5.91 Å². The van der Waals surface area contributed by atoms with Crippen molar-refractivity contribution < 1.29 is 14.5 Å². The Morgan fingerprint density at radius 1 is 1.28 bits per heavy atom. The Morgan fingerprint density at radius 3 is 2.68 bits per heavy atom. The number of rotatable bonds is 7. The van der Waals surface area contributed by atoms with E-state index in [1.807, 2.05) is 36.2 Å². The third kappa shape index (κ3) is 5.29. The van der Waals surface area contributed by atoms with Gasteiger partial charge in [-0.2, -0.15) is 0 Å². The number of amides is 1. The molecule has 1 amide bonds. The molecule has 0 aliphatic heterocycles. The molecule has 0 radical (unpaired) electrons. The maximum absolute atomic E-state index is 12.2. The number of ether oxygens (including phenoxy) is 1. The zero-order valence-corrected chi connectivity index (χ0v) is 14.5. The van der Waals surface area contributed by atoms with Gasteiger partial charge < -0.3 is 10.1 Å². The first-order valence-electron chi connectivity index (χ1n) is 7.75. The summed E-state index contributed by atoms with van der Waals surface area (Å²) in [4.78, 5) is 24.4. The van der Waals surface area contributed by atoms with Gasteiger partial charge in [-0.25, -0.2) is 0 Å². The second-order valence-electron chi connectivity index (χ2n) is 5.83. The number of carbonyl (C=O) groups is 1. The third-order valence-electron chi connectivity index (χ3n) is 3.70. The molecule has 0 saturated heterocycles. The van der Waals surface area contributed by atoms with E-state index in [0.717, 1.165) is 11.3 Å². The quantitative estimate of drug-likeness (QED) is 0.617. The molecule has 0 fully saturated rings. The minimum absolute atomic E-state index is 0.00522. The largest absolute Gasteiger partial charge is 0.497 e. The van der Waals surface area contributed by atoms with Gasteiger partial charge in [0.05, 0.1) is 18.6 Å². The molecule has 0 spiro atoms. The Bertz CT molecular complexity index is 777. The third-order valence-corrected chi connectivity index (χ3v) is 3.70. The fraction of sp³-hybridized carbons (Fsp3) is 0.278. The van der Waals surface area contributed by atoms with Crippen molar-refractivity contribution in [1.82, 2.24) is 4.90 Å². The normalized spacial score (nSPS) is 10.6. The fourth-order valence-corrected chi connectivity index (χ4v) is 2.47. The molecular weight excluding hydrogens is 322 g/mol. The second kappa shape index (κ2) is 8.25. The van der Waals surface area contributed by atoms with Crippen LogP contribution in [0.2, 0.25) is 0 Å². The standard InChI is InChI=1S/C18H21N3O4/c1-13-9-15(21(23)24)7-8-17(13)19-18(22)12-20(2)11-14-5-4-6-16(10-14)25-3/h4-10H,11-12H2,1-3H3,(H,19,22). The number of non-ortho nitro benzene ring substituents is 1. The van der Waals surface area contributed by atoms with Crippen LogP contribution in [0, 0.1) is 17.0 Å². The number of anilines is 1. The average molecular weight is 343 g/mol. The molecule has 1 N–H and O–H groups in total. The van der Waals surface area contributed by atoms with Crippen LogP contribution in [-0.4, -0.2) is 36.4 Å². The minimum Gasteiger partial charge on any atom is -0.497 e. The number of likely N-dealkylation sites (N-methyl/N-ethyl adjacent to an activating group) is 1. The molecule has 0 aromatic heterocycles. The van der Waals surface area contributed by atoms with E-state index in [4.69, 9.17) is 4.74 Å². The van der Waals surface area contributed by atoms with E-state index >= 15 is 0 Å². The van der Waals surface area contributed by atoms with Crippen molar-refractivity contribution >= 4 is 17.3 Å². The lowest BCUT2D eigenvalue weighted by atomic mass is 10.1. The highest BCUT2D eigenvalue weighted by Gasteiger charge is 2.12. The Balaban J connectivity index is 1.94. The molecule has 0 aliphatic carbocycles. The van der Waals surface area contributed by atoms with E-state index in [1.54, 1.807) is 20.1 Å². The summed E-state index contributed by atoms with van der Waals surface area (Å²) >= 11 is 0. The van der Waals surface area contributed by atoms with E-state index in [9.17, 15) is 14.9 Å². The minimum atomic E-state index is -0.458. The van der Waals surface area contributed by atoms with Gasteiger partial charge >= 0.3 is 0 Å². The first kappa shape index (κ1) is 18.4. The Labute approximate surface area is 146 Å². The number of nitro benzene ring substituents is 1. The molecular formula is C18H21N3O4. The molecule has 25 heavy (non-hydrogen) atoms. The Kier molecular flexibility index (Phi) is 6.08. The zero-order valence-electron chi connectivity index (χ0n) is 14.5. The molecule has 2 aromatic carbocycles. The monoisotopic (exact) mass is 343 g/mol. The SMILES string of the molecule is COc1cccc(CN(C)CC(=O)Nc2ccc([N+](=O)[O-])cc2C)c1. The number of benzene rings is 2. The van der Waals surface area contributed by atoms with Crippen LogP contribution in [0.4, 0.5) is 11.4 Å². The number of aryl methyl sites for hydroxylation is 1. The number of carbonyl (C=O) groups excluding carboxylic acids is 1. The first-order valence-corrected chi connectivity index (χ1v) is 7.75. The van der Waals surface area contributed by atoms with Crippen molar-refractivity contribution in [3.63, 3.8) is 0 Å². The number of nitrogens with one attached hydrogen (secondary N) is 1. The average Bonchev–Trinajstić information content (AvgIpc) is 2.56. The number of nitro groups is 1. The van der Waals surface area contributed by atoms with Crippen LogP contribution in [0.1, 0.15) is 11.1 Å². The van der Waals surface area contributed by atoms with Crippen molar-refractivity contribution in [2.45, 2.75) is 13.5 Å². The van der Waals surface area contributed by atoms with Gasteiger partial charge in [0.1, 0.15) is 5.75 Å². The predicted molar refractivity (Wildman–Crippen MR) is 95.8 cm³/mol. The molecule has 0 aliphatic rings. The maximum Gasteiger partial charge on any atom is 0.269 e. The smallest absolute Gasteiger partial charge is 0.269 e. The van der Waals surface area contributed by atoms with Crippen LogP contribution >= 0.6 is 0 Å². The first-order chi connectivity index (χ1) is 11.9. The Morgan fingerprint density at radius 2 is 2.04 bits per heavy atom. The van der Waals surface area contributed by atoms with Crippen molar-refractivity contribution in [3.8, 4) is 5.75 Å². The van der Waals surface area contributed by atoms with E-state index in [-0.39, 0.29) is 18.1 Å². The van der Waals surface area contributed by atoms with Gasteiger partial charge in [0.25, 0.3) is 5.69 Å². The lowest BCUT2D eigenvalue weighted by molar-refractivity contribution is -0.384. The number of hydrogen-bond donors (Lipinski definition) is 1. The second-order valence-corrected chi connectivity index (χ2v) is 5.83. The van der Waals surface area contributed by atoms with Gasteiger partial charge in [-0.05, 0) is 43.3 Å². The van der Waals surface area contributed by atoms with Gasteiger partial charge in [0, 0.05) is 24.4 Å². The van der Waals surface area contributed by atoms with Gasteiger partial charge in [0.15, 0.2) is 0 Å². The summed E-state index contributed by atoms with van der Waals surface area (Å²) in [5.74, 6) is 0.596. The van der Waals surface area contributed by atoms with Crippen LogP contribution < -0.4 is 10.1 Å². The van der Waals surface area contributed by atoms with Crippen molar-refractivity contribution in [3.05, 3.63) is 63.7 Å². The summed E-state index contributed by atoms with van der Waals surface area (Å²) in [5.41, 5.74) is 2.27. The van der Waals surface area contributed by atoms with Crippen LogP contribution in [0.15, 0.2) is 42.5 Å². The summed E-state index contributed by atoms with van der Waals surface area (Å²) in [6, 6.07) is 12.0. The molecule has 0 bridgehead atoms. The zero-order chi connectivity index (χ0) is 18.4. The lowest BCUT2D eigenvalue weighted by Crippen LogP contribution is -2.30. The van der Waals surface area contributed by atoms with Crippen molar-refractivity contribution in [2.75, 3.05) is 26.0 Å². The number of hydrogen-bond acceptors (Lipinski definition) is 5. The van der Waals surface area contributed by atoms with Gasteiger partial charge in [-0.3, -0.25) is 19.8 Å². The van der Waals surface area contributed by atoms with Crippen LogP contribution in [-0.2, 0) is 11.3 Å². The summed E-state index contributed by atoms with van der Waals surface area (Å²) in [5, 5.41) is 13.5. The molecule has 2 rings (SSSR count). The molecule has 132 valence electrons. The van der Waals surface area contributed by atoms with Gasteiger partial charge in [-0.15, -0.1) is 0 Å². The lowest BCUT2D eigenvalue weighted by Gasteiger charge is -2.17. The van der Waals surface area contributed by atoms with Crippen molar-refractivity contribution in [1.29, 1.82) is 0 Å². The Hall–Kier alpha value is -2.93.